The van der Waals surface area contributed by atoms with E-state index in [0.717, 1.165) is 17.8 Å². The molecule has 4 rings (SSSR count). The molecule has 2 aliphatic heterocycles. The standard InChI is InChI=1S/C17H17N5O/c23-16-15(21-20-14-9-5-2-6-10-14)19-17(18-11-12-22(16)17)13-7-3-1-4-8-13/h1-10,18,20H,11-12H2,(H,19,21). The molecule has 0 aliphatic carbocycles. The van der Waals surface area contributed by atoms with Gasteiger partial charge in [0, 0.05) is 18.7 Å². The maximum Gasteiger partial charge on any atom is 0.294 e. The van der Waals surface area contributed by atoms with Gasteiger partial charge in [0.15, 0.2) is 0 Å². The highest BCUT2D eigenvalue weighted by atomic mass is 16.2. The topological polar surface area (TPSA) is 68.8 Å². The van der Waals surface area contributed by atoms with Gasteiger partial charge in [-0.25, -0.2) is 4.99 Å². The van der Waals surface area contributed by atoms with Gasteiger partial charge < -0.3 is 0 Å². The average Bonchev–Trinajstić information content (AvgIpc) is 3.14. The highest BCUT2D eigenvalue weighted by Gasteiger charge is 2.51. The fraction of sp³-hybridized carbons (Fsp3) is 0.176. The molecule has 0 bridgehead atoms. The van der Waals surface area contributed by atoms with Crippen molar-refractivity contribution < 1.29 is 4.79 Å². The van der Waals surface area contributed by atoms with E-state index in [2.05, 4.69) is 21.2 Å². The summed E-state index contributed by atoms with van der Waals surface area (Å²) in [6.45, 7) is 1.36. The number of amidine groups is 1. The monoisotopic (exact) mass is 307 g/mol. The minimum Gasteiger partial charge on any atom is -0.299 e. The van der Waals surface area contributed by atoms with Crippen LogP contribution in [0.1, 0.15) is 5.56 Å². The number of carbonyl (C=O) groups is 1. The molecule has 0 aromatic heterocycles. The van der Waals surface area contributed by atoms with Crippen LogP contribution >= 0.6 is 0 Å². The molecule has 116 valence electrons. The first-order valence-corrected chi connectivity index (χ1v) is 7.59. The summed E-state index contributed by atoms with van der Waals surface area (Å²) in [5, 5.41) is 3.36. The van der Waals surface area contributed by atoms with Crippen LogP contribution in [-0.4, -0.2) is 29.7 Å². The molecule has 2 aromatic rings. The fourth-order valence-corrected chi connectivity index (χ4v) is 3.01. The first kappa shape index (κ1) is 13.8. The minimum absolute atomic E-state index is 0.109. The van der Waals surface area contributed by atoms with E-state index in [1.54, 1.807) is 4.90 Å². The summed E-state index contributed by atoms with van der Waals surface area (Å²) in [5.41, 5.74) is 7.79. The van der Waals surface area contributed by atoms with Crippen molar-refractivity contribution in [2.24, 2.45) is 4.99 Å². The van der Waals surface area contributed by atoms with Crippen LogP contribution in [0.4, 0.5) is 5.69 Å². The third kappa shape index (κ3) is 2.24. The zero-order valence-corrected chi connectivity index (χ0v) is 12.5. The second-order valence-electron chi connectivity index (χ2n) is 5.50. The van der Waals surface area contributed by atoms with E-state index < -0.39 is 5.79 Å². The number of amides is 1. The molecule has 1 saturated heterocycles. The molecule has 3 N–H and O–H groups in total. The van der Waals surface area contributed by atoms with Crippen LogP contribution in [0.3, 0.4) is 0 Å². The number of hydrazine groups is 1. The zero-order chi connectivity index (χ0) is 15.7. The Kier molecular flexibility index (Phi) is 3.24. The molecule has 2 aromatic carbocycles. The molecule has 1 atom stereocenters. The smallest absolute Gasteiger partial charge is 0.294 e. The van der Waals surface area contributed by atoms with Gasteiger partial charge >= 0.3 is 0 Å². The van der Waals surface area contributed by atoms with Crippen molar-refractivity contribution in [2.45, 2.75) is 5.79 Å². The molecule has 0 radical (unpaired) electrons. The van der Waals surface area contributed by atoms with Crippen molar-refractivity contribution in [3.05, 3.63) is 66.2 Å². The van der Waals surface area contributed by atoms with Gasteiger partial charge in [-0.05, 0) is 12.1 Å². The molecule has 1 fully saturated rings. The summed E-state index contributed by atoms with van der Waals surface area (Å²) in [4.78, 5) is 19.1. The Bertz CT molecular complexity index is 746. The lowest BCUT2D eigenvalue weighted by molar-refractivity contribution is -0.126. The summed E-state index contributed by atoms with van der Waals surface area (Å²) in [5.74, 6) is -0.592. The van der Waals surface area contributed by atoms with E-state index >= 15 is 0 Å². The van der Waals surface area contributed by atoms with E-state index in [9.17, 15) is 4.79 Å². The third-order valence-electron chi connectivity index (χ3n) is 4.09. The van der Waals surface area contributed by atoms with Crippen molar-refractivity contribution in [1.82, 2.24) is 15.6 Å². The van der Waals surface area contributed by atoms with Crippen molar-refractivity contribution in [1.29, 1.82) is 0 Å². The van der Waals surface area contributed by atoms with Crippen LogP contribution in [0.2, 0.25) is 0 Å². The Balaban J connectivity index is 1.62. The first-order chi connectivity index (χ1) is 11.3. The number of nitrogens with zero attached hydrogens (tertiary/aromatic N) is 2. The second kappa shape index (κ2) is 5.40. The quantitative estimate of drug-likeness (QED) is 0.747. The van der Waals surface area contributed by atoms with E-state index in [1.807, 2.05) is 60.7 Å². The van der Waals surface area contributed by atoms with Crippen molar-refractivity contribution in [3.63, 3.8) is 0 Å². The van der Waals surface area contributed by atoms with E-state index in [1.165, 1.54) is 0 Å². The molecule has 1 unspecified atom stereocenters. The number of hydrogen-bond donors (Lipinski definition) is 3. The number of benzene rings is 2. The molecule has 23 heavy (non-hydrogen) atoms. The normalized spacial score (nSPS) is 22.7. The average molecular weight is 307 g/mol. The maximum atomic E-state index is 12.6. The van der Waals surface area contributed by atoms with Crippen LogP contribution in [0.15, 0.2) is 65.7 Å². The first-order valence-electron chi connectivity index (χ1n) is 7.59. The summed E-state index contributed by atoms with van der Waals surface area (Å²) in [7, 11) is 0. The maximum absolute atomic E-state index is 12.6. The zero-order valence-electron chi connectivity index (χ0n) is 12.5. The molecule has 1 amide bonds. The Morgan fingerprint density at radius 3 is 2.43 bits per heavy atom. The summed E-state index contributed by atoms with van der Waals surface area (Å²) < 4.78 is 0. The molecule has 6 nitrogen and oxygen atoms in total. The molecule has 2 aliphatic rings. The molecular weight excluding hydrogens is 290 g/mol. The summed E-state index contributed by atoms with van der Waals surface area (Å²) >= 11 is 0. The van der Waals surface area contributed by atoms with Gasteiger partial charge in [0.25, 0.3) is 5.91 Å². The predicted molar refractivity (Wildman–Crippen MR) is 88.5 cm³/mol. The number of hydrogen-bond acceptors (Lipinski definition) is 5. The summed E-state index contributed by atoms with van der Waals surface area (Å²) in [6.07, 6.45) is 0. The van der Waals surface area contributed by atoms with Crippen LogP contribution in [-0.2, 0) is 10.6 Å². The molecule has 0 saturated carbocycles. The minimum atomic E-state index is -0.793. The SMILES string of the molecule is O=C1C(NNc2ccccc2)=NC2(c3ccccc3)NCCN12. The second-order valence-corrected chi connectivity index (χ2v) is 5.50. The number of carbonyl (C=O) groups excluding carboxylic acids is 1. The van der Waals surface area contributed by atoms with Gasteiger partial charge in [0.2, 0.25) is 11.6 Å². The Labute approximate surface area is 134 Å². The lowest BCUT2D eigenvalue weighted by atomic mass is 10.1. The fourth-order valence-electron chi connectivity index (χ4n) is 3.01. The van der Waals surface area contributed by atoms with Gasteiger partial charge in [-0.2, -0.15) is 0 Å². The van der Waals surface area contributed by atoms with Crippen LogP contribution < -0.4 is 16.2 Å². The number of rotatable bonds is 3. The molecular formula is C17H17N5O. The van der Waals surface area contributed by atoms with Gasteiger partial charge in [-0.15, -0.1) is 0 Å². The van der Waals surface area contributed by atoms with Gasteiger partial charge in [-0.3, -0.25) is 25.9 Å². The lowest BCUT2D eigenvalue weighted by Crippen LogP contribution is -2.46. The Morgan fingerprint density at radius 2 is 1.70 bits per heavy atom. The number of para-hydroxylation sites is 1. The largest absolute Gasteiger partial charge is 0.299 e. The van der Waals surface area contributed by atoms with E-state index in [-0.39, 0.29) is 5.91 Å². The van der Waals surface area contributed by atoms with Crippen molar-refractivity contribution in [2.75, 3.05) is 18.5 Å². The van der Waals surface area contributed by atoms with Crippen LogP contribution in [0.25, 0.3) is 0 Å². The Morgan fingerprint density at radius 1 is 1.00 bits per heavy atom. The van der Waals surface area contributed by atoms with Crippen molar-refractivity contribution >= 4 is 17.4 Å². The number of fused-ring (bicyclic) bond motifs is 1. The molecule has 0 spiro atoms. The summed E-state index contributed by atoms with van der Waals surface area (Å²) in [6, 6.07) is 19.4. The van der Waals surface area contributed by atoms with Crippen LogP contribution in [0.5, 0.6) is 0 Å². The molecule has 6 heteroatoms. The van der Waals surface area contributed by atoms with Crippen molar-refractivity contribution in [3.8, 4) is 0 Å². The van der Waals surface area contributed by atoms with Gasteiger partial charge in [0.05, 0.1) is 5.69 Å². The third-order valence-corrected chi connectivity index (χ3v) is 4.09. The number of aliphatic imine (C=N–C) groups is 1. The van der Waals surface area contributed by atoms with Crippen LogP contribution in [0, 0.1) is 0 Å². The van der Waals surface area contributed by atoms with E-state index in [0.29, 0.717) is 12.4 Å². The van der Waals surface area contributed by atoms with Gasteiger partial charge in [-0.1, -0.05) is 48.5 Å². The highest BCUT2D eigenvalue weighted by molar-refractivity contribution is 6.39. The lowest BCUT2D eigenvalue weighted by Gasteiger charge is -2.29. The number of anilines is 1. The Hall–Kier alpha value is -2.86. The van der Waals surface area contributed by atoms with Gasteiger partial charge in [0.1, 0.15) is 0 Å². The number of nitrogens with one attached hydrogen (secondary N) is 3. The predicted octanol–water partition coefficient (Wildman–Crippen LogP) is 1.26. The van der Waals surface area contributed by atoms with E-state index in [4.69, 9.17) is 0 Å². The molecule has 2 heterocycles. The highest BCUT2D eigenvalue weighted by Crippen LogP contribution is 2.34.